The van der Waals surface area contributed by atoms with Crippen LogP contribution in [0.3, 0.4) is 0 Å². The minimum absolute atomic E-state index is 0.105. The van der Waals surface area contributed by atoms with Gasteiger partial charge in [0.15, 0.2) is 0 Å². The van der Waals surface area contributed by atoms with Crippen molar-refractivity contribution in [3.63, 3.8) is 0 Å². The van der Waals surface area contributed by atoms with Crippen LogP contribution in [-0.2, 0) is 0 Å². The zero-order valence-electron chi connectivity index (χ0n) is 9.05. The van der Waals surface area contributed by atoms with Gasteiger partial charge in [-0.2, -0.15) is 0 Å². The first-order valence-electron chi connectivity index (χ1n) is 5.02. The van der Waals surface area contributed by atoms with Gasteiger partial charge < -0.3 is 5.73 Å². The summed E-state index contributed by atoms with van der Waals surface area (Å²) < 4.78 is 0. The molecule has 0 fully saturated rings. The van der Waals surface area contributed by atoms with Gasteiger partial charge in [0.1, 0.15) is 0 Å². The molecular formula is C12H18ClN. The molecule has 1 nitrogen and oxygen atoms in total. The van der Waals surface area contributed by atoms with E-state index in [-0.39, 0.29) is 6.04 Å². The highest BCUT2D eigenvalue weighted by Crippen LogP contribution is 2.23. The summed E-state index contributed by atoms with van der Waals surface area (Å²) in [5, 5.41) is 0.807. The van der Waals surface area contributed by atoms with Crippen LogP contribution in [-0.4, -0.2) is 0 Å². The topological polar surface area (TPSA) is 26.0 Å². The Morgan fingerprint density at radius 1 is 1.36 bits per heavy atom. The quantitative estimate of drug-likeness (QED) is 0.811. The number of halogens is 1. The third-order valence-corrected chi connectivity index (χ3v) is 2.76. The average molecular weight is 212 g/mol. The summed E-state index contributed by atoms with van der Waals surface area (Å²) >= 11 is 6.04. The summed E-state index contributed by atoms with van der Waals surface area (Å²) in [6.45, 7) is 6.35. The summed E-state index contributed by atoms with van der Waals surface area (Å²) in [6.07, 6.45) is 0.999. The molecule has 0 spiro atoms. The monoisotopic (exact) mass is 211 g/mol. The van der Waals surface area contributed by atoms with Gasteiger partial charge in [0.2, 0.25) is 0 Å². The maximum atomic E-state index is 6.06. The lowest BCUT2D eigenvalue weighted by Crippen LogP contribution is -2.12. The summed E-state index contributed by atoms with van der Waals surface area (Å²) in [5.41, 5.74) is 8.29. The van der Waals surface area contributed by atoms with Gasteiger partial charge in [-0.25, -0.2) is 0 Å². The van der Waals surface area contributed by atoms with Crippen molar-refractivity contribution in [1.29, 1.82) is 0 Å². The van der Waals surface area contributed by atoms with E-state index in [1.165, 1.54) is 0 Å². The third kappa shape index (κ3) is 3.00. The molecule has 0 aromatic heterocycles. The minimum Gasteiger partial charge on any atom is -0.324 e. The smallest absolute Gasteiger partial charge is 0.0438 e. The van der Waals surface area contributed by atoms with Crippen molar-refractivity contribution in [3.05, 3.63) is 34.3 Å². The first-order valence-corrected chi connectivity index (χ1v) is 5.40. The highest BCUT2D eigenvalue weighted by molar-refractivity contribution is 6.31. The van der Waals surface area contributed by atoms with E-state index in [0.717, 1.165) is 22.6 Å². The van der Waals surface area contributed by atoms with Crippen LogP contribution in [0.5, 0.6) is 0 Å². The normalized spacial score (nSPS) is 13.3. The Hall–Kier alpha value is -0.530. The second-order valence-electron chi connectivity index (χ2n) is 4.24. The molecule has 0 aliphatic heterocycles. The maximum Gasteiger partial charge on any atom is 0.0438 e. The Kier molecular flexibility index (Phi) is 3.97. The molecule has 0 saturated heterocycles. The third-order valence-electron chi connectivity index (χ3n) is 2.35. The second-order valence-corrected chi connectivity index (χ2v) is 4.65. The first-order chi connectivity index (χ1) is 6.50. The molecule has 0 unspecified atom stereocenters. The minimum atomic E-state index is 0.105. The van der Waals surface area contributed by atoms with Crippen molar-refractivity contribution in [2.75, 3.05) is 0 Å². The number of hydrogen-bond donors (Lipinski definition) is 1. The lowest BCUT2D eigenvalue weighted by atomic mass is 9.97. The van der Waals surface area contributed by atoms with Gasteiger partial charge in [-0.3, -0.25) is 0 Å². The molecule has 1 atom stereocenters. The number of hydrogen-bond acceptors (Lipinski definition) is 1. The molecule has 2 N–H and O–H groups in total. The Balaban J connectivity index is 2.80. The first kappa shape index (κ1) is 11.5. The van der Waals surface area contributed by atoms with Crippen LogP contribution in [0, 0.1) is 12.8 Å². The number of benzene rings is 1. The maximum absolute atomic E-state index is 6.06. The van der Waals surface area contributed by atoms with Crippen LogP contribution < -0.4 is 5.73 Å². The Morgan fingerprint density at radius 3 is 2.50 bits per heavy atom. The SMILES string of the molecule is Cc1ccc([C@@H](N)CC(C)C)cc1Cl. The fourth-order valence-electron chi connectivity index (χ4n) is 1.48. The molecule has 0 amide bonds. The van der Waals surface area contributed by atoms with Crippen LogP contribution in [0.15, 0.2) is 18.2 Å². The standard InChI is InChI=1S/C12H18ClN/c1-8(2)6-12(14)10-5-4-9(3)11(13)7-10/h4-5,7-8,12H,6,14H2,1-3H3/t12-/m0/s1. The van der Waals surface area contributed by atoms with Crippen molar-refractivity contribution in [3.8, 4) is 0 Å². The molecule has 0 aliphatic rings. The van der Waals surface area contributed by atoms with Crippen LogP contribution in [0.4, 0.5) is 0 Å². The second kappa shape index (κ2) is 4.81. The zero-order chi connectivity index (χ0) is 10.7. The molecule has 1 aromatic carbocycles. The van der Waals surface area contributed by atoms with Crippen molar-refractivity contribution in [2.45, 2.75) is 33.2 Å². The molecule has 0 saturated carbocycles. The molecule has 78 valence electrons. The average Bonchev–Trinajstić information content (AvgIpc) is 2.08. The van der Waals surface area contributed by atoms with Crippen molar-refractivity contribution < 1.29 is 0 Å². The molecule has 1 rings (SSSR count). The van der Waals surface area contributed by atoms with Crippen molar-refractivity contribution >= 4 is 11.6 Å². The Morgan fingerprint density at radius 2 is 2.00 bits per heavy atom. The molecule has 2 heteroatoms. The molecule has 0 aliphatic carbocycles. The van der Waals surface area contributed by atoms with Crippen LogP contribution in [0.25, 0.3) is 0 Å². The predicted molar refractivity (Wildman–Crippen MR) is 62.6 cm³/mol. The van der Waals surface area contributed by atoms with E-state index in [2.05, 4.69) is 19.9 Å². The van der Waals surface area contributed by atoms with E-state index in [0.29, 0.717) is 5.92 Å². The lowest BCUT2D eigenvalue weighted by molar-refractivity contribution is 0.510. The van der Waals surface area contributed by atoms with Gasteiger partial charge in [0.25, 0.3) is 0 Å². The predicted octanol–water partition coefficient (Wildman–Crippen LogP) is 3.69. The summed E-state index contributed by atoms with van der Waals surface area (Å²) in [6, 6.07) is 6.17. The highest BCUT2D eigenvalue weighted by Gasteiger charge is 2.09. The van der Waals surface area contributed by atoms with E-state index in [1.807, 2.05) is 19.1 Å². The number of rotatable bonds is 3. The zero-order valence-corrected chi connectivity index (χ0v) is 9.81. The highest BCUT2D eigenvalue weighted by atomic mass is 35.5. The van der Waals surface area contributed by atoms with E-state index >= 15 is 0 Å². The van der Waals surface area contributed by atoms with Gasteiger partial charge >= 0.3 is 0 Å². The van der Waals surface area contributed by atoms with E-state index < -0.39 is 0 Å². The Labute approximate surface area is 91.3 Å². The van der Waals surface area contributed by atoms with E-state index in [9.17, 15) is 0 Å². The molecule has 0 bridgehead atoms. The fourth-order valence-corrected chi connectivity index (χ4v) is 1.67. The lowest BCUT2D eigenvalue weighted by Gasteiger charge is -2.15. The number of aryl methyl sites for hydroxylation is 1. The number of nitrogens with two attached hydrogens (primary N) is 1. The van der Waals surface area contributed by atoms with Gasteiger partial charge in [-0.1, -0.05) is 37.6 Å². The van der Waals surface area contributed by atoms with Crippen molar-refractivity contribution in [2.24, 2.45) is 11.7 Å². The summed E-state index contributed by atoms with van der Waals surface area (Å²) in [4.78, 5) is 0. The van der Waals surface area contributed by atoms with Gasteiger partial charge in [0.05, 0.1) is 0 Å². The largest absolute Gasteiger partial charge is 0.324 e. The molecule has 1 aromatic rings. The van der Waals surface area contributed by atoms with E-state index in [4.69, 9.17) is 17.3 Å². The van der Waals surface area contributed by atoms with E-state index in [1.54, 1.807) is 0 Å². The molecule has 14 heavy (non-hydrogen) atoms. The fraction of sp³-hybridized carbons (Fsp3) is 0.500. The molecule has 0 heterocycles. The Bertz CT molecular complexity index is 307. The van der Waals surface area contributed by atoms with Gasteiger partial charge in [-0.05, 0) is 36.5 Å². The van der Waals surface area contributed by atoms with Crippen molar-refractivity contribution in [1.82, 2.24) is 0 Å². The van der Waals surface area contributed by atoms with Crippen LogP contribution in [0.1, 0.15) is 37.4 Å². The van der Waals surface area contributed by atoms with Gasteiger partial charge in [-0.15, -0.1) is 0 Å². The van der Waals surface area contributed by atoms with Crippen LogP contribution in [0.2, 0.25) is 5.02 Å². The van der Waals surface area contributed by atoms with Crippen LogP contribution >= 0.6 is 11.6 Å². The summed E-state index contributed by atoms with van der Waals surface area (Å²) in [5.74, 6) is 0.616. The molecular weight excluding hydrogens is 194 g/mol. The van der Waals surface area contributed by atoms with Gasteiger partial charge in [0, 0.05) is 11.1 Å². The summed E-state index contributed by atoms with van der Waals surface area (Å²) in [7, 11) is 0. The molecule has 0 radical (unpaired) electrons.